The van der Waals surface area contributed by atoms with E-state index in [0.29, 0.717) is 48.7 Å². The minimum Gasteiger partial charge on any atom is -0.495 e. The number of hydrogen-bond donors (Lipinski definition) is 4. The van der Waals surface area contributed by atoms with E-state index in [2.05, 4.69) is 20.3 Å². The van der Waals surface area contributed by atoms with Crippen LogP contribution in [0.1, 0.15) is 49.5 Å². The third-order valence-corrected chi connectivity index (χ3v) is 6.24. The number of fused-ring (bicyclic) bond motifs is 1. The Kier molecular flexibility index (Phi) is 9.47. The van der Waals surface area contributed by atoms with E-state index < -0.39 is 17.5 Å². The molecule has 12 heteroatoms. The molecule has 2 heterocycles. The number of rotatable bonds is 13. The average Bonchev–Trinajstić information content (AvgIpc) is 3.31. The SMILES string of the molecule is CCOc1ccc(-c2nc(C(=O)NCCCCCCC(=O)NO)c3[nH]c(=O)n(-c4ccccc4OC)c3n2)cc1. The molecule has 0 fully saturated rings. The Morgan fingerprint density at radius 1 is 1.02 bits per heavy atom. The first kappa shape index (κ1) is 28.3. The Bertz CT molecular complexity index is 1530. The van der Waals surface area contributed by atoms with Crippen LogP contribution in [0, 0.1) is 0 Å². The van der Waals surface area contributed by atoms with Crippen LogP contribution in [0.4, 0.5) is 0 Å². The minimum atomic E-state index is -0.487. The number of unbranched alkanes of at least 4 members (excludes halogenated alkanes) is 3. The van der Waals surface area contributed by atoms with Crippen LogP contribution in [0.25, 0.3) is 28.2 Å². The Labute approximate surface area is 230 Å². The van der Waals surface area contributed by atoms with Crippen LogP contribution >= 0.6 is 0 Å². The molecule has 0 saturated carbocycles. The van der Waals surface area contributed by atoms with E-state index in [0.717, 1.165) is 12.8 Å². The van der Waals surface area contributed by atoms with Crippen molar-refractivity contribution in [3.8, 4) is 28.6 Å². The van der Waals surface area contributed by atoms with E-state index in [9.17, 15) is 14.4 Å². The standard InChI is InChI=1S/C28H32N6O6/c1-3-40-19-15-13-18(14-16-19)25-30-24(27(36)29-17-9-5-4-6-12-22(35)33-38)23-26(32-25)34(28(37)31-23)20-10-7-8-11-21(20)39-2/h7-8,10-11,13-16,38H,3-6,9,12,17H2,1-2H3,(H,29,36)(H,31,37)(H,33,35). The number of hydrogen-bond acceptors (Lipinski definition) is 8. The zero-order chi connectivity index (χ0) is 28.5. The number of nitrogens with one attached hydrogen (secondary N) is 3. The van der Waals surface area contributed by atoms with Gasteiger partial charge in [0.2, 0.25) is 5.91 Å². The summed E-state index contributed by atoms with van der Waals surface area (Å²) in [5.74, 6) is 0.556. The van der Waals surface area contributed by atoms with Crippen molar-refractivity contribution in [1.82, 2.24) is 30.3 Å². The first-order chi connectivity index (χ1) is 19.5. The molecular weight excluding hydrogens is 516 g/mol. The number of carbonyl (C=O) groups excluding carboxylic acids is 2. The van der Waals surface area contributed by atoms with Crippen molar-refractivity contribution < 1.29 is 24.3 Å². The van der Waals surface area contributed by atoms with Crippen molar-refractivity contribution >= 4 is 23.0 Å². The maximum absolute atomic E-state index is 13.3. The summed E-state index contributed by atoms with van der Waals surface area (Å²) in [7, 11) is 1.51. The number of aromatic nitrogens is 4. The fourth-order valence-electron chi connectivity index (χ4n) is 4.29. The molecule has 40 heavy (non-hydrogen) atoms. The highest BCUT2D eigenvalue weighted by molar-refractivity contribution is 6.03. The lowest BCUT2D eigenvalue weighted by Crippen LogP contribution is -2.26. The summed E-state index contributed by atoms with van der Waals surface area (Å²) in [5, 5.41) is 11.4. The second-order valence-electron chi connectivity index (χ2n) is 8.94. The van der Waals surface area contributed by atoms with Gasteiger partial charge in [0.25, 0.3) is 5.91 Å². The maximum atomic E-state index is 13.3. The molecule has 0 aliphatic rings. The second-order valence-corrected chi connectivity index (χ2v) is 8.94. The molecule has 0 unspecified atom stereocenters. The Morgan fingerprint density at radius 3 is 2.50 bits per heavy atom. The molecule has 4 rings (SSSR count). The summed E-state index contributed by atoms with van der Waals surface area (Å²) in [6, 6.07) is 14.2. The monoisotopic (exact) mass is 548 g/mol. The van der Waals surface area contributed by atoms with Gasteiger partial charge in [-0.3, -0.25) is 14.8 Å². The number of carbonyl (C=O) groups is 2. The van der Waals surface area contributed by atoms with Gasteiger partial charge in [0.1, 0.15) is 17.0 Å². The number of benzene rings is 2. The van der Waals surface area contributed by atoms with E-state index in [1.807, 2.05) is 6.92 Å². The first-order valence-corrected chi connectivity index (χ1v) is 13.1. The Balaban J connectivity index is 1.66. The largest absolute Gasteiger partial charge is 0.495 e. The van der Waals surface area contributed by atoms with Gasteiger partial charge in [0, 0.05) is 18.5 Å². The van der Waals surface area contributed by atoms with E-state index in [-0.39, 0.29) is 29.1 Å². The number of para-hydroxylation sites is 2. The molecule has 0 saturated heterocycles. The molecule has 0 bridgehead atoms. The third-order valence-electron chi connectivity index (χ3n) is 6.24. The van der Waals surface area contributed by atoms with Crippen molar-refractivity contribution in [2.24, 2.45) is 0 Å². The molecule has 12 nitrogen and oxygen atoms in total. The first-order valence-electron chi connectivity index (χ1n) is 13.1. The van der Waals surface area contributed by atoms with Crippen molar-refractivity contribution in [2.75, 3.05) is 20.3 Å². The normalized spacial score (nSPS) is 10.9. The number of methoxy groups -OCH3 is 1. The average molecular weight is 549 g/mol. The quantitative estimate of drug-likeness (QED) is 0.112. The van der Waals surface area contributed by atoms with Gasteiger partial charge in [-0.2, -0.15) is 0 Å². The van der Waals surface area contributed by atoms with Crippen molar-refractivity contribution in [2.45, 2.75) is 39.0 Å². The highest BCUT2D eigenvalue weighted by atomic mass is 16.5. The number of nitrogens with zero attached hydrogens (tertiary/aromatic N) is 3. The van der Waals surface area contributed by atoms with E-state index in [4.69, 9.17) is 14.7 Å². The number of imidazole rings is 1. The van der Waals surface area contributed by atoms with Gasteiger partial charge >= 0.3 is 5.69 Å². The molecule has 0 aliphatic carbocycles. The van der Waals surface area contributed by atoms with Crippen LogP contribution in [0.15, 0.2) is 53.3 Å². The predicted molar refractivity (Wildman–Crippen MR) is 148 cm³/mol. The number of ether oxygens (including phenoxy) is 2. The number of H-pyrrole nitrogens is 1. The summed E-state index contributed by atoms with van der Waals surface area (Å²) in [5.41, 5.74) is 2.73. The lowest BCUT2D eigenvalue weighted by Gasteiger charge is -2.11. The van der Waals surface area contributed by atoms with Crippen LogP contribution < -0.4 is 26.0 Å². The van der Waals surface area contributed by atoms with Gasteiger partial charge in [-0.15, -0.1) is 0 Å². The molecule has 4 N–H and O–H groups in total. The molecule has 2 aromatic heterocycles. The smallest absolute Gasteiger partial charge is 0.332 e. The molecule has 0 radical (unpaired) electrons. The van der Waals surface area contributed by atoms with Crippen LogP contribution in [0.5, 0.6) is 11.5 Å². The molecule has 2 amide bonds. The van der Waals surface area contributed by atoms with Gasteiger partial charge in [0.15, 0.2) is 17.2 Å². The lowest BCUT2D eigenvalue weighted by molar-refractivity contribution is -0.129. The van der Waals surface area contributed by atoms with E-state index in [1.165, 1.54) is 11.7 Å². The van der Waals surface area contributed by atoms with Crippen LogP contribution in [0.2, 0.25) is 0 Å². The molecule has 4 aromatic rings. The highest BCUT2D eigenvalue weighted by Gasteiger charge is 2.22. The summed E-state index contributed by atoms with van der Waals surface area (Å²) in [4.78, 5) is 49.6. The minimum absolute atomic E-state index is 0.0410. The van der Waals surface area contributed by atoms with Gasteiger partial charge in [-0.1, -0.05) is 25.0 Å². The second kappa shape index (κ2) is 13.4. The third kappa shape index (κ3) is 6.46. The molecule has 210 valence electrons. The summed E-state index contributed by atoms with van der Waals surface area (Å²) >= 11 is 0. The molecule has 2 aromatic carbocycles. The fourth-order valence-corrected chi connectivity index (χ4v) is 4.29. The molecule has 0 aliphatic heterocycles. The molecular formula is C28H32N6O6. The van der Waals surface area contributed by atoms with E-state index >= 15 is 0 Å². The molecule has 0 spiro atoms. The highest BCUT2D eigenvalue weighted by Crippen LogP contribution is 2.27. The molecule has 0 atom stereocenters. The van der Waals surface area contributed by atoms with Crippen LogP contribution in [0.3, 0.4) is 0 Å². The van der Waals surface area contributed by atoms with Gasteiger partial charge in [-0.05, 0) is 56.2 Å². The van der Waals surface area contributed by atoms with Crippen molar-refractivity contribution in [1.29, 1.82) is 0 Å². The lowest BCUT2D eigenvalue weighted by atomic mass is 10.1. The predicted octanol–water partition coefficient (Wildman–Crippen LogP) is 3.37. The van der Waals surface area contributed by atoms with Gasteiger partial charge in [0.05, 0.1) is 19.4 Å². The number of aromatic amines is 1. The topological polar surface area (TPSA) is 160 Å². The summed E-state index contributed by atoms with van der Waals surface area (Å²) < 4.78 is 12.4. The zero-order valence-corrected chi connectivity index (χ0v) is 22.4. The van der Waals surface area contributed by atoms with Crippen molar-refractivity contribution in [3.05, 3.63) is 64.7 Å². The van der Waals surface area contributed by atoms with Crippen LogP contribution in [-0.4, -0.2) is 56.8 Å². The van der Waals surface area contributed by atoms with Gasteiger partial charge in [-0.25, -0.2) is 24.8 Å². The maximum Gasteiger partial charge on any atom is 0.332 e. The Morgan fingerprint density at radius 2 is 1.77 bits per heavy atom. The zero-order valence-electron chi connectivity index (χ0n) is 22.4. The van der Waals surface area contributed by atoms with Crippen LogP contribution in [-0.2, 0) is 4.79 Å². The van der Waals surface area contributed by atoms with Gasteiger partial charge < -0.3 is 19.8 Å². The van der Waals surface area contributed by atoms with Crippen molar-refractivity contribution in [3.63, 3.8) is 0 Å². The summed E-state index contributed by atoms with van der Waals surface area (Å²) in [6.45, 7) is 2.81. The Hall–Kier alpha value is -4.71. The fraction of sp³-hybridized carbons (Fsp3) is 0.321. The number of amides is 2. The van der Waals surface area contributed by atoms with E-state index in [1.54, 1.807) is 54.0 Å². The summed E-state index contributed by atoms with van der Waals surface area (Å²) in [6.07, 6.45) is 3.13. The number of hydroxylamine groups is 1.